The Morgan fingerprint density at radius 3 is 2.63 bits per heavy atom. The number of benzene rings is 1. The lowest BCUT2D eigenvalue weighted by Gasteiger charge is -2.20. The molecule has 6 heteroatoms. The maximum Gasteiger partial charge on any atom is 0.175 e. The van der Waals surface area contributed by atoms with E-state index >= 15 is 0 Å². The fourth-order valence-corrected chi connectivity index (χ4v) is 3.32. The number of nitrogens with zero attached hydrogens (tertiary/aromatic N) is 1. The van der Waals surface area contributed by atoms with Crippen LogP contribution >= 0.6 is 0 Å². The van der Waals surface area contributed by atoms with Crippen LogP contribution in [-0.2, 0) is 9.84 Å². The van der Waals surface area contributed by atoms with Crippen molar-refractivity contribution >= 4 is 9.84 Å². The summed E-state index contributed by atoms with van der Waals surface area (Å²) in [6, 6.07) is 4.68. The Balaban J connectivity index is 2.32. The highest BCUT2D eigenvalue weighted by molar-refractivity contribution is 7.90. The molecule has 1 aromatic carbocycles. The van der Waals surface area contributed by atoms with Crippen LogP contribution in [0.25, 0.3) is 0 Å². The standard InChI is InChI=1S/C13H20N2O3S/c1-15-8-9(7-14)5-12(15)11-4-3-10(6-13(11)16)19(2,17)18/h3-4,6,9,12,16H,5,7-8,14H2,1-2H3. The maximum absolute atomic E-state index is 11.4. The molecule has 1 saturated heterocycles. The van der Waals surface area contributed by atoms with Crippen molar-refractivity contribution in [1.82, 2.24) is 4.90 Å². The molecule has 0 radical (unpaired) electrons. The Kier molecular flexibility index (Phi) is 3.85. The van der Waals surface area contributed by atoms with Gasteiger partial charge in [-0.15, -0.1) is 0 Å². The third-order valence-electron chi connectivity index (χ3n) is 3.76. The second-order valence-corrected chi connectivity index (χ2v) is 7.30. The highest BCUT2D eigenvalue weighted by atomic mass is 32.2. The van der Waals surface area contributed by atoms with E-state index in [2.05, 4.69) is 4.90 Å². The van der Waals surface area contributed by atoms with Gasteiger partial charge in [-0.2, -0.15) is 0 Å². The Morgan fingerprint density at radius 2 is 2.16 bits per heavy atom. The predicted molar refractivity (Wildman–Crippen MR) is 73.7 cm³/mol. The zero-order valence-corrected chi connectivity index (χ0v) is 12.0. The van der Waals surface area contributed by atoms with Crippen molar-refractivity contribution in [3.8, 4) is 5.75 Å². The van der Waals surface area contributed by atoms with Gasteiger partial charge in [0.2, 0.25) is 0 Å². The van der Waals surface area contributed by atoms with Gasteiger partial charge in [-0.3, -0.25) is 4.90 Å². The lowest BCUT2D eigenvalue weighted by molar-refractivity contribution is 0.305. The van der Waals surface area contributed by atoms with Crippen LogP contribution in [0.1, 0.15) is 18.0 Å². The van der Waals surface area contributed by atoms with E-state index in [0.29, 0.717) is 12.5 Å². The highest BCUT2D eigenvalue weighted by Gasteiger charge is 2.31. The average Bonchev–Trinajstić information content (AvgIpc) is 2.69. The third kappa shape index (κ3) is 2.91. The van der Waals surface area contributed by atoms with Gasteiger partial charge in [0.15, 0.2) is 9.84 Å². The Labute approximate surface area is 113 Å². The fraction of sp³-hybridized carbons (Fsp3) is 0.538. The number of rotatable bonds is 3. The first kappa shape index (κ1) is 14.3. The average molecular weight is 284 g/mol. The maximum atomic E-state index is 11.4. The van der Waals surface area contributed by atoms with Gasteiger partial charge in [0, 0.05) is 24.4 Å². The summed E-state index contributed by atoms with van der Waals surface area (Å²) in [7, 11) is -1.30. The van der Waals surface area contributed by atoms with Gasteiger partial charge in [0.25, 0.3) is 0 Å². The number of hydrogen-bond donors (Lipinski definition) is 2. The topological polar surface area (TPSA) is 83.6 Å². The van der Waals surface area contributed by atoms with Gasteiger partial charge in [0.05, 0.1) is 4.90 Å². The smallest absolute Gasteiger partial charge is 0.175 e. The van der Waals surface area contributed by atoms with E-state index in [4.69, 9.17) is 5.73 Å². The molecule has 1 aliphatic heterocycles. The van der Waals surface area contributed by atoms with E-state index in [-0.39, 0.29) is 16.7 Å². The number of nitrogens with two attached hydrogens (primary N) is 1. The Morgan fingerprint density at radius 1 is 1.47 bits per heavy atom. The quantitative estimate of drug-likeness (QED) is 0.855. The molecule has 106 valence electrons. The number of phenols is 1. The number of phenolic OH excluding ortho intramolecular Hbond substituents is 1. The SMILES string of the molecule is CN1CC(CN)CC1c1ccc(S(C)(=O)=O)cc1O. The summed E-state index contributed by atoms with van der Waals surface area (Å²) >= 11 is 0. The van der Waals surface area contributed by atoms with Crippen LogP contribution in [-0.4, -0.2) is 44.8 Å². The van der Waals surface area contributed by atoms with E-state index < -0.39 is 9.84 Å². The van der Waals surface area contributed by atoms with E-state index in [1.165, 1.54) is 6.07 Å². The normalized spacial score (nSPS) is 24.8. The molecule has 1 heterocycles. The molecule has 1 aromatic rings. The molecule has 2 unspecified atom stereocenters. The number of sulfone groups is 1. The monoisotopic (exact) mass is 284 g/mol. The van der Waals surface area contributed by atoms with Crippen molar-refractivity contribution in [2.45, 2.75) is 17.4 Å². The van der Waals surface area contributed by atoms with Crippen molar-refractivity contribution in [2.24, 2.45) is 11.7 Å². The molecule has 0 aromatic heterocycles. The van der Waals surface area contributed by atoms with Gasteiger partial charge in [0.1, 0.15) is 5.75 Å². The van der Waals surface area contributed by atoms with Crippen LogP contribution in [0.15, 0.2) is 23.1 Å². The molecule has 0 aliphatic carbocycles. The second kappa shape index (κ2) is 5.11. The van der Waals surface area contributed by atoms with Crippen LogP contribution in [0.3, 0.4) is 0 Å². The molecule has 1 aliphatic rings. The zero-order valence-electron chi connectivity index (χ0n) is 11.2. The first-order valence-electron chi connectivity index (χ1n) is 6.26. The minimum atomic E-state index is -3.29. The Hall–Kier alpha value is -1.11. The molecule has 19 heavy (non-hydrogen) atoms. The Bertz CT molecular complexity index is 571. The summed E-state index contributed by atoms with van der Waals surface area (Å²) in [5, 5.41) is 10.1. The minimum Gasteiger partial charge on any atom is -0.508 e. The van der Waals surface area contributed by atoms with Gasteiger partial charge in [-0.25, -0.2) is 8.42 Å². The van der Waals surface area contributed by atoms with Gasteiger partial charge < -0.3 is 10.8 Å². The number of likely N-dealkylation sites (tertiary alicyclic amines) is 1. The fourth-order valence-electron chi connectivity index (χ4n) is 2.68. The van der Waals surface area contributed by atoms with Crippen molar-refractivity contribution in [3.05, 3.63) is 23.8 Å². The lowest BCUT2D eigenvalue weighted by Crippen LogP contribution is -2.20. The summed E-state index contributed by atoms with van der Waals surface area (Å²) in [6.07, 6.45) is 2.02. The number of hydrogen-bond acceptors (Lipinski definition) is 5. The molecular formula is C13H20N2O3S. The molecule has 0 spiro atoms. The zero-order chi connectivity index (χ0) is 14.2. The molecule has 0 bridgehead atoms. The number of aromatic hydroxyl groups is 1. The van der Waals surface area contributed by atoms with Crippen LogP contribution in [0, 0.1) is 5.92 Å². The molecule has 2 atom stereocenters. The third-order valence-corrected chi connectivity index (χ3v) is 4.87. The van der Waals surface area contributed by atoms with Crippen LogP contribution in [0.2, 0.25) is 0 Å². The van der Waals surface area contributed by atoms with Crippen LogP contribution in [0.5, 0.6) is 5.75 Å². The summed E-state index contributed by atoms with van der Waals surface area (Å²) in [4.78, 5) is 2.29. The van der Waals surface area contributed by atoms with Crippen LogP contribution < -0.4 is 5.73 Å². The molecule has 2 rings (SSSR count). The van der Waals surface area contributed by atoms with E-state index in [1.807, 2.05) is 7.05 Å². The summed E-state index contributed by atoms with van der Waals surface area (Å²) in [5.74, 6) is 0.460. The van der Waals surface area contributed by atoms with Gasteiger partial charge in [-0.05, 0) is 38.1 Å². The van der Waals surface area contributed by atoms with Crippen LogP contribution in [0.4, 0.5) is 0 Å². The van der Waals surface area contributed by atoms with Gasteiger partial charge in [-0.1, -0.05) is 6.07 Å². The summed E-state index contributed by atoms with van der Waals surface area (Å²) in [5.41, 5.74) is 6.46. The van der Waals surface area contributed by atoms with Crippen molar-refractivity contribution < 1.29 is 13.5 Å². The van der Waals surface area contributed by atoms with Crippen molar-refractivity contribution in [1.29, 1.82) is 0 Å². The lowest BCUT2D eigenvalue weighted by atomic mass is 9.99. The molecule has 0 amide bonds. The van der Waals surface area contributed by atoms with Gasteiger partial charge >= 0.3 is 0 Å². The molecule has 1 fully saturated rings. The first-order valence-corrected chi connectivity index (χ1v) is 8.15. The van der Waals surface area contributed by atoms with E-state index in [0.717, 1.165) is 24.8 Å². The second-order valence-electron chi connectivity index (χ2n) is 5.29. The van der Waals surface area contributed by atoms with E-state index in [1.54, 1.807) is 12.1 Å². The highest BCUT2D eigenvalue weighted by Crippen LogP contribution is 2.38. The first-order chi connectivity index (χ1) is 8.82. The van der Waals surface area contributed by atoms with Crippen molar-refractivity contribution in [3.63, 3.8) is 0 Å². The molecular weight excluding hydrogens is 264 g/mol. The molecule has 3 N–H and O–H groups in total. The molecule has 5 nitrogen and oxygen atoms in total. The minimum absolute atomic E-state index is 0.0393. The summed E-state index contributed by atoms with van der Waals surface area (Å²) < 4.78 is 22.9. The summed E-state index contributed by atoms with van der Waals surface area (Å²) in [6.45, 7) is 1.53. The van der Waals surface area contributed by atoms with E-state index in [9.17, 15) is 13.5 Å². The predicted octanol–water partition coefficient (Wildman–Crippen LogP) is 0.747. The van der Waals surface area contributed by atoms with Crippen molar-refractivity contribution in [2.75, 3.05) is 26.4 Å². The largest absolute Gasteiger partial charge is 0.508 e. The molecule has 0 saturated carbocycles.